The molecule has 0 aliphatic carbocycles. The van der Waals surface area contributed by atoms with Crippen molar-refractivity contribution in [2.75, 3.05) is 0 Å². The Morgan fingerprint density at radius 1 is 1.15 bits per heavy atom. The number of Topliss-reactive ketones (excluding diaryl/α,β-unsaturated/α-hetero) is 1. The fourth-order valence-corrected chi connectivity index (χ4v) is 2.00. The molecule has 0 saturated carbocycles. The van der Waals surface area contributed by atoms with Crippen LogP contribution in [-0.4, -0.2) is 15.8 Å². The lowest BCUT2D eigenvalue weighted by Crippen LogP contribution is -2.12. The molecule has 2 heterocycles. The SMILES string of the molecule is CC(=O)c1coc2cc(-c3cncnc3)ccc2c1=O. The molecule has 3 aromatic rings. The number of carbonyl (C=O) groups is 1. The summed E-state index contributed by atoms with van der Waals surface area (Å²) >= 11 is 0. The van der Waals surface area contributed by atoms with Gasteiger partial charge in [-0.2, -0.15) is 0 Å². The second-order valence-electron chi connectivity index (χ2n) is 4.37. The summed E-state index contributed by atoms with van der Waals surface area (Å²) < 4.78 is 5.39. The molecule has 5 heteroatoms. The summed E-state index contributed by atoms with van der Waals surface area (Å²) in [4.78, 5) is 31.3. The minimum absolute atomic E-state index is 0.0632. The van der Waals surface area contributed by atoms with Crippen molar-refractivity contribution in [1.82, 2.24) is 9.97 Å². The number of fused-ring (bicyclic) bond motifs is 1. The van der Waals surface area contributed by atoms with Crippen LogP contribution < -0.4 is 5.43 Å². The van der Waals surface area contributed by atoms with Gasteiger partial charge in [0.1, 0.15) is 23.7 Å². The van der Waals surface area contributed by atoms with E-state index in [2.05, 4.69) is 9.97 Å². The van der Waals surface area contributed by atoms with Crippen LogP contribution in [0.4, 0.5) is 0 Å². The van der Waals surface area contributed by atoms with E-state index in [0.29, 0.717) is 11.0 Å². The molecule has 0 spiro atoms. The number of hydrogen-bond donors (Lipinski definition) is 0. The number of hydrogen-bond acceptors (Lipinski definition) is 5. The van der Waals surface area contributed by atoms with Gasteiger partial charge in [0.05, 0.1) is 5.39 Å². The molecule has 0 radical (unpaired) electrons. The first kappa shape index (κ1) is 12.2. The van der Waals surface area contributed by atoms with Crippen molar-refractivity contribution in [1.29, 1.82) is 0 Å². The molecule has 98 valence electrons. The summed E-state index contributed by atoms with van der Waals surface area (Å²) in [6, 6.07) is 5.16. The maximum atomic E-state index is 12.1. The summed E-state index contributed by atoms with van der Waals surface area (Å²) in [5, 5.41) is 0.387. The van der Waals surface area contributed by atoms with E-state index in [0.717, 1.165) is 11.1 Å². The van der Waals surface area contributed by atoms with Gasteiger partial charge < -0.3 is 4.42 Å². The van der Waals surface area contributed by atoms with Gasteiger partial charge in [-0.15, -0.1) is 0 Å². The van der Waals surface area contributed by atoms with Gasteiger partial charge in [-0.3, -0.25) is 9.59 Å². The molecule has 20 heavy (non-hydrogen) atoms. The first-order valence-electron chi connectivity index (χ1n) is 5.98. The van der Waals surface area contributed by atoms with Crippen LogP contribution in [0.15, 0.2) is 52.4 Å². The summed E-state index contributed by atoms with van der Waals surface area (Å²) in [5.41, 5.74) is 1.86. The molecule has 0 unspecified atom stereocenters. The summed E-state index contributed by atoms with van der Waals surface area (Å²) in [6.45, 7) is 1.34. The minimum Gasteiger partial charge on any atom is -0.463 e. The number of ketones is 1. The molecule has 0 amide bonds. The largest absolute Gasteiger partial charge is 0.463 e. The second-order valence-corrected chi connectivity index (χ2v) is 4.37. The Morgan fingerprint density at radius 3 is 2.60 bits per heavy atom. The predicted octanol–water partition coefficient (Wildman–Crippen LogP) is 2.45. The van der Waals surface area contributed by atoms with Gasteiger partial charge in [0, 0.05) is 18.0 Å². The average Bonchev–Trinajstić information content (AvgIpc) is 2.48. The van der Waals surface area contributed by atoms with Crippen molar-refractivity contribution < 1.29 is 9.21 Å². The standard InChI is InChI=1S/C15H10N2O3/c1-9(18)13-7-20-14-4-10(2-3-12(14)15(13)19)11-5-16-8-17-6-11/h2-8H,1H3. The highest BCUT2D eigenvalue weighted by Gasteiger charge is 2.11. The molecule has 0 aliphatic heterocycles. The molecular formula is C15H10N2O3. The van der Waals surface area contributed by atoms with Crippen LogP contribution in [0.5, 0.6) is 0 Å². The monoisotopic (exact) mass is 266 g/mol. The molecule has 0 saturated heterocycles. The van der Waals surface area contributed by atoms with E-state index in [1.807, 2.05) is 0 Å². The molecule has 0 N–H and O–H groups in total. The number of benzene rings is 1. The second kappa shape index (κ2) is 4.70. The predicted molar refractivity (Wildman–Crippen MR) is 73.5 cm³/mol. The Bertz CT molecular complexity index is 854. The third kappa shape index (κ3) is 1.99. The van der Waals surface area contributed by atoms with Gasteiger partial charge in [0.25, 0.3) is 0 Å². The van der Waals surface area contributed by atoms with Gasteiger partial charge >= 0.3 is 0 Å². The normalized spacial score (nSPS) is 10.7. The van der Waals surface area contributed by atoms with E-state index in [-0.39, 0.29) is 16.8 Å². The van der Waals surface area contributed by atoms with Crippen LogP contribution in [0.2, 0.25) is 0 Å². The zero-order valence-electron chi connectivity index (χ0n) is 10.7. The first-order valence-corrected chi connectivity index (χ1v) is 5.98. The Kier molecular flexibility index (Phi) is 2.87. The van der Waals surface area contributed by atoms with E-state index in [1.165, 1.54) is 19.5 Å². The van der Waals surface area contributed by atoms with Crippen molar-refractivity contribution in [3.05, 3.63) is 59.0 Å². The van der Waals surface area contributed by atoms with Crippen molar-refractivity contribution in [3.63, 3.8) is 0 Å². The molecule has 0 aliphatic rings. The highest BCUT2D eigenvalue weighted by Crippen LogP contribution is 2.22. The van der Waals surface area contributed by atoms with Gasteiger partial charge in [-0.25, -0.2) is 9.97 Å². The smallest absolute Gasteiger partial charge is 0.203 e. The topological polar surface area (TPSA) is 73.1 Å². The minimum atomic E-state index is -0.311. The first-order chi connectivity index (χ1) is 9.66. The van der Waals surface area contributed by atoms with E-state index in [4.69, 9.17) is 4.42 Å². The van der Waals surface area contributed by atoms with Crippen molar-refractivity contribution in [2.24, 2.45) is 0 Å². The number of aromatic nitrogens is 2. The van der Waals surface area contributed by atoms with Crippen molar-refractivity contribution >= 4 is 16.8 Å². The lowest BCUT2D eigenvalue weighted by molar-refractivity contribution is 0.101. The van der Waals surface area contributed by atoms with E-state index < -0.39 is 0 Å². The molecule has 0 fully saturated rings. The Balaban J connectivity index is 2.22. The maximum Gasteiger partial charge on any atom is 0.203 e. The van der Waals surface area contributed by atoms with E-state index in [1.54, 1.807) is 30.6 Å². The van der Waals surface area contributed by atoms with Crippen molar-refractivity contribution in [2.45, 2.75) is 6.92 Å². The third-order valence-corrected chi connectivity index (χ3v) is 3.05. The molecule has 5 nitrogen and oxygen atoms in total. The molecule has 1 aromatic carbocycles. The molecule has 0 bridgehead atoms. The molecule has 0 atom stereocenters. The fraction of sp³-hybridized carbons (Fsp3) is 0.0667. The zero-order valence-corrected chi connectivity index (χ0v) is 10.7. The molecular weight excluding hydrogens is 256 g/mol. The Morgan fingerprint density at radius 2 is 1.90 bits per heavy atom. The van der Waals surface area contributed by atoms with Crippen LogP contribution in [0, 0.1) is 0 Å². The highest BCUT2D eigenvalue weighted by atomic mass is 16.3. The maximum absolute atomic E-state index is 12.1. The molecule has 2 aromatic heterocycles. The van der Waals surface area contributed by atoms with Crippen LogP contribution in [-0.2, 0) is 0 Å². The number of nitrogens with zero attached hydrogens (tertiary/aromatic N) is 2. The van der Waals surface area contributed by atoms with E-state index in [9.17, 15) is 9.59 Å². The van der Waals surface area contributed by atoms with E-state index >= 15 is 0 Å². The number of rotatable bonds is 2. The highest BCUT2D eigenvalue weighted by molar-refractivity contribution is 5.96. The lowest BCUT2D eigenvalue weighted by Gasteiger charge is -2.03. The van der Waals surface area contributed by atoms with Crippen LogP contribution >= 0.6 is 0 Å². The fourth-order valence-electron chi connectivity index (χ4n) is 2.00. The Labute approximate surface area is 113 Å². The zero-order chi connectivity index (χ0) is 14.1. The summed E-state index contributed by atoms with van der Waals surface area (Å²) in [5.74, 6) is -0.304. The van der Waals surface area contributed by atoms with Gasteiger partial charge in [0.15, 0.2) is 5.78 Å². The van der Waals surface area contributed by atoms with Crippen LogP contribution in [0.25, 0.3) is 22.1 Å². The summed E-state index contributed by atoms with van der Waals surface area (Å²) in [7, 11) is 0. The van der Waals surface area contributed by atoms with Crippen LogP contribution in [0.3, 0.4) is 0 Å². The van der Waals surface area contributed by atoms with Crippen LogP contribution in [0.1, 0.15) is 17.3 Å². The quantitative estimate of drug-likeness (QED) is 0.666. The summed E-state index contributed by atoms with van der Waals surface area (Å²) in [6.07, 6.45) is 6.01. The van der Waals surface area contributed by atoms with Gasteiger partial charge in [0.2, 0.25) is 5.43 Å². The van der Waals surface area contributed by atoms with Gasteiger partial charge in [-0.1, -0.05) is 6.07 Å². The average molecular weight is 266 g/mol. The van der Waals surface area contributed by atoms with Crippen molar-refractivity contribution in [3.8, 4) is 11.1 Å². The lowest BCUT2D eigenvalue weighted by atomic mass is 10.1. The number of carbonyl (C=O) groups excluding carboxylic acids is 1. The third-order valence-electron chi connectivity index (χ3n) is 3.05. The molecule has 3 rings (SSSR count). The Hall–Kier alpha value is -2.82. The van der Waals surface area contributed by atoms with Gasteiger partial charge in [-0.05, 0) is 24.6 Å².